The van der Waals surface area contributed by atoms with Gasteiger partial charge in [0.15, 0.2) is 0 Å². The van der Waals surface area contributed by atoms with Gasteiger partial charge in [0.1, 0.15) is 0 Å². The first-order chi connectivity index (χ1) is 5.64. The summed E-state index contributed by atoms with van der Waals surface area (Å²) in [7, 11) is 3.87. The summed E-state index contributed by atoms with van der Waals surface area (Å²) < 4.78 is 5.18. The van der Waals surface area contributed by atoms with Crippen molar-refractivity contribution in [2.24, 2.45) is 5.73 Å². The van der Waals surface area contributed by atoms with Crippen LogP contribution in [0, 0.1) is 0 Å². The Hall–Kier alpha value is -0.120. The van der Waals surface area contributed by atoms with Gasteiger partial charge in [-0.1, -0.05) is 0 Å². The van der Waals surface area contributed by atoms with Crippen molar-refractivity contribution in [2.45, 2.75) is 31.3 Å². The number of ether oxygens (including phenoxy) is 1. The molecular weight excluding hydrogens is 152 g/mol. The summed E-state index contributed by atoms with van der Waals surface area (Å²) in [6.45, 7) is 3.54. The van der Waals surface area contributed by atoms with Gasteiger partial charge in [-0.3, -0.25) is 4.90 Å². The fourth-order valence-corrected chi connectivity index (χ4v) is 1.52. The fraction of sp³-hybridized carbons (Fsp3) is 1.00. The van der Waals surface area contributed by atoms with Crippen LogP contribution < -0.4 is 5.73 Å². The van der Waals surface area contributed by atoms with E-state index < -0.39 is 0 Å². The van der Waals surface area contributed by atoms with Crippen molar-refractivity contribution in [3.05, 3.63) is 0 Å². The number of rotatable bonds is 5. The van der Waals surface area contributed by atoms with Crippen molar-refractivity contribution in [1.82, 2.24) is 4.90 Å². The second-order valence-electron chi connectivity index (χ2n) is 3.98. The van der Waals surface area contributed by atoms with Crippen molar-refractivity contribution in [2.75, 3.05) is 27.3 Å². The summed E-state index contributed by atoms with van der Waals surface area (Å²) in [4.78, 5) is 2.36. The zero-order valence-electron chi connectivity index (χ0n) is 8.34. The number of likely N-dealkylation sites (N-methyl/N-ethyl adjacent to an activating group) is 1. The third kappa shape index (κ3) is 1.97. The van der Waals surface area contributed by atoms with Crippen LogP contribution in [0.3, 0.4) is 0 Å². The molecule has 0 spiro atoms. The lowest BCUT2D eigenvalue weighted by atomic mass is 10.0. The highest BCUT2D eigenvalue weighted by atomic mass is 16.5. The number of hydrogen-bond acceptors (Lipinski definition) is 3. The monoisotopic (exact) mass is 172 g/mol. The van der Waals surface area contributed by atoms with Gasteiger partial charge in [0.25, 0.3) is 0 Å². The average Bonchev–Trinajstić information content (AvgIpc) is 2.86. The van der Waals surface area contributed by atoms with E-state index in [1.165, 1.54) is 12.8 Å². The minimum Gasteiger partial charge on any atom is -0.383 e. The molecule has 0 aromatic carbocycles. The smallest absolute Gasteiger partial charge is 0.0656 e. The molecule has 0 amide bonds. The molecule has 1 fully saturated rings. The molecule has 0 radical (unpaired) electrons. The van der Waals surface area contributed by atoms with Crippen LogP contribution in [-0.2, 0) is 4.74 Å². The molecule has 0 aliphatic heterocycles. The molecule has 2 N–H and O–H groups in total. The predicted octanol–water partition coefficient (Wildman–Crippen LogP) is 0.444. The lowest BCUT2D eigenvalue weighted by Gasteiger charge is -2.37. The standard InChI is InChI=1S/C9H20N2O/c1-9(6-10,7-12-3)11(2)8-4-5-8/h8H,4-7,10H2,1-3H3. The summed E-state index contributed by atoms with van der Waals surface area (Å²) in [6.07, 6.45) is 2.63. The normalized spacial score (nSPS) is 22.8. The van der Waals surface area contributed by atoms with E-state index >= 15 is 0 Å². The van der Waals surface area contributed by atoms with Crippen LogP contribution >= 0.6 is 0 Å². The van der Waals surface area contributed by atoms with Crippen LogP contribution in [0.1, 0.15) is 19.8 Å². The molecule has 3 nitrogen and oxygen atoms in total. The third-order valence-corrected chi connectivity index (χ3v) is 2.84. The van der Waals surface area contributed by atoms with Crippen molar-refractivity contribution in [3.8, 4) is 0 Å². The summed E-state index contributed by atoms with van der Waals surface area (Å²) >= 11 is 0. The summed E-state index contributed by atoms with van der Waals surface area (Å²) in [5.41, 5.74) is 5.76. The first-order valence-corrected chi connectivity index (χ1v) is 4.56. The maximum Gasteiger partial charge on any atom is 0.0656 e. The highest BCUT2D eigenvalue weighted by molar-refractivity contribution is 4.94. The number of methoxy groups -OCH3 is 1. The summed E-state index contributed by atoms with van der Waals surface area (Å²) in [5.74, 6) is 0. The van der Waals surface area contributed by atoms with Crippen molar-refractivity contribution >= 4 is 0 Å². The van der Waals surface area contributed by atoms with Crippen LogP contribution in [0.2, 0.25) is 0 Å². The number of nitrogens with two attached hydrogens (primary N) is 1. The number of hydrogen-bond donors (Lipinski definition) is 1. The highest BCUT2D eigenvalue weighted by Gasteiger charge is 2.37. The Labute approximate surface area is 74.9 Å². The second-order valence-corrected chi connectivity index (χ2v) is 3.98. The minimum atomic E-state index is 0.0237. The quantitative estimate of drug-likeness (QED) is 0.654. The van der Waals surface area contributed by atoms with Gasteiger partial charge in [-0.2, -0.15) is 0 Å². The largest absolute Gasteiger partial charge is 0.383 e. The summed E-state index contributed by atoms with van der Waals surface area (Å²) in [5, 5.41) is 0. The molecule has 0 aromatic rings. The van der Waals surface area contributed by atoms with E-state index in [4.69, 9.17) is 10.5 Å². The molecule has 1 aliphatic carbocycles. The lowest BCUT2D eigenvalue weighted by Crippen LogP contribution is -2.53. The van der Waals surface area contributed by atoms with Gasteiger partial charge in [-0.05, 0) is 26.8 Å². The van der Waals surface area contributed by atoms with Gasteiger partial charge < -0.3 is 10.5 Å². The third-order valence-electron chi connectivity index (χ3n) is 2.84. The Balaban J connectivity index is 2.50. The van der Waals surface area contributed by atoms with E-state index in [2.05, 4.69) is 18.9 Å². The molecular formula is C9H20N2O. The Morgan fingerprint density at radius 2 is 2.17 bits per heavy atom. The van der Waals surface area contributed by atoms with E-state index in [0.29, 0.717) is 6.54 Å². The molecule has 1 saturated carbocycles. The van der Waals surface area contributed by atoms with Gasteiger partial charge in [0, 0.05) is 19.7 Å². The maximum atomic E-state index is 5.74. The molecule has 1 aliphatic rings. The van der Waals surface area contributed by atoms with E-state index in [1.807, 2.05) is 0 Å². The average molecular weight is 172 g/mol. The van der Waals surface area contributed by atoms with Crippen LogP contribution in [0.25, 0.3) is 0 Å². The van der Waals surface area contributed by atoms with E-state index in [-0.39, 0.29) is 5.54 Å². The van der Waals surface area contributed by atoms with E-state index in [1.54, 1.807) is 7.11 Å². The molecule has 1 unspecified atom stereocenters. The van der Waals surface area contributed by atoms with Crippen LogP contribution in [0.15, 0.2) is 0 Å². The first kappa shape index (κ1) is 9.96. The Bertz CT molecular complexity index is 147. The SMILES string of the molecule is COCC(C)(CN)N(C)C1CC1. The van der Waals surface area contributed by atoms with Gasteiger partial charge in [-0.15, -0.1) is 0 Å². The molecule has 0 saturated heterocycles. The zero-order valence-corrected chi connectivity index (χ0v) is 8.34. The first-order valence-electron chi connectivity index (χ1n) is 4.56. The molecule has 0 heterocycles. The van der Waals surface area contributed by atoms with Crippen LogP contribution in [0.4, 0.5) is 0 Å². The molecule has 3 heteroatoms. The van der Waals surface area contributed by atoms with Gasteiger partial charge in [0.2, 0.25) is 0 Å². The van der Waals surface area contributed by atoms with Gasteiger partial charge in [0.05, 0.1) is 12.1 Å². The molecule has 72 valence electrons. The van der Waals surface area contributed by atoms with E-state index in [9.17, 15) is 0 Å². The Morgan fingerprint density at radius 1 is 1.58 bits per heavy atom. The van der Waals surface area contributed by atoms with Crippen molar-refractivity contribution in [3.63, 3.8) is 0 Å². The Kier molecular flexibility index (Phi) is 3.09. The Morgan fingerprint density at radius 3 is 2.50 bits per heavy atom. The molecule has 0 bridgehead atoms. The van der Waals surface area contributed by atoms with Crippen LogP contribution in [-0.4, -0.2) is 43.8 Å². The molecule has 1 rings (SSSR count). The maximum absolute atomic E-state index is 5.74. The highest BCUT2D eigenvalue weighted by Crippen LogP contribution is 2.30. The summed E-state index contributed by atoms with van der Waals surface area (Å²) in [6, 6.07) is 0.744. The molecule has 12 heavy (non-hydrogen) atoms. The fourth-order valence-electron chi connectivity index (χ4n) is 1.52. The van der Waals surface area contributed by atoms with Crippen LogP contribution in [0.5, 0.6) is 0 Å². The predicted molar refractivity (Wildman–Crippen MR) is 50.1 cm³/mol. The topological polar surface area (TPSA) is 38.5 Å². The number of nitrogens with zero attached hydrogens (tertiary/aromatic N) is 1. The zero-order chi connectivity index (χ0) is 9.19. The van der Waals surface area contributed by atoms with E-state index in [0.717, 1.165) is 12.6 Å². The molecule has 1 atom stereocenters. The van der Waals surface area contributed by atoms with Crippen molar-refractivity contribution < 1.29 is 4.74 Å². The lowest BCUT2D eigenvalue weighted by molar-refractivity contribution is 0.0388. The van der Waals surface area contributed by atoms with Crippen molar-refractivity contribution in [1.29, 1.82) is 0 Å². The minimum absolute atomic E-state index is 0.0237. The second kappa shape index (κ2) is 3.73. The van der Waals surface area contributed by atoms with Gasteiger partial charge in [-0.25, -0.2) is 0 Å². The molecule has 0 aromatic heterocycles. The van der Waals surface area contributed by atoms with Gasteiger partial charge >= 0.3 is 0 Å².